The molecule has 0 radical (unpaired) electrons. The highest BCUT2D eigenvalue weighted by Gasteiger charge is 2.60. The number of hydrogen-bond acceptors (Lipinski definition) is 2. The molecular formula is C30H42O2. The van der Waals surface area contributed by atoms with Crippen molar-refractivity contribution in [1.82, 2.24) is 0 Å². The Morgan fingerprint density at radius 2 is 1.81 bits per heavy atom. The molecule has 5 rings (SSSR count). The number of benzene rings is 1. The molecule has 7 unspecified atom stereocenters. The smallest absolute Gasteiger partial charge is 0.160 e. The number of fused-ring (bicyclic) bond motifs is 7. The van der Waals surface area contributed by atoms with E-state index in [1.165, 1.54) is 49.7 Å². The minimum Gasteiger partial charge on any atom is -0.504 e. The maximum atomic E-state index is 10.6. The fraction of sp³-hybridized carbons (Fsp3) is 0.667. The van der Waals surface area contributed by atoms with Gasteiger partial charge in [-0.1, -0.05) is 51.8 Å². The number of hydrogen-bond donors (Lipinski definition) is 2. The molecule has 2 N–H and O–H groups in total. The quantitative estimate of drug-likeness (QED) is 0.366. The van der Waals surface area contributed by atoms with E-state index in [9.17, 15) is 10.2 Å². The van der Waals surface area contributed by atoms with Gasteiger partial charge in [-0.25, -0.2) is 0 Å². The number of rotatable bonds is 2. The van der Waals surface area contributed by atoms with Gasteiger partial charge in [-0.2, -0.15) is 0 Å². The predicted octanol–water partition coefficient (Wildman–Crippen LogP) is 7.92. The first-order chi connectivity index (χ1) is 15.0. The molecule has 0 bridgehead atoms. The standard InChI is InChI=1S/C30H42O2/c1-7-8-20-16-25-29(5,23-17-24(31)27(32)19(3)26(20)23)12-10-21-22-15-18(2)9-11-28(22,4)13-14-30(21,25)6/h7,16-18,20-22,31-32H,1,8-15H2,2-6H3. The van der Waals surface area contributed by atoms with Crippen molar-refractivity contribution < 1.29 is 10.2 Å². The summed E-state index contributed by atoms with van der Waals surface area (Å²) in [4.78, 5) is 0. The Morgan fingerprint density at radius 3 is 2.53 bits per heavy atom. The second-order valence-electron chi connectivity index (χ2n) is 12.6. The van der Waals surface area contributed by atoms with E-state index in [2.05, 4.69) is 40.3 Å². The van der Waals surface area contributed by atoms with Crippen molar-refractivity contribution in [3.05, 3.63) is 47.1 Å². The second kappa shape index (κ2) is 7.15. The van der Waals surface area contributed by atoms with Crippen LogP contribution in [0.25, 0.3) is 0 Å². The maximum Gasteiger partial charge on any atom is 0.160 e. The topological polar surface area (TPSA) is 40.5 Å². The molecule has 174 valence electrons. The average Bonchev–Trinajstić information content (AvgIpc) is 2.74. The molecule has 7 atom stereocenters. The highest BCUT2D eigenvalue weighted by atomic mass is 16.3. The van der Waals surface area contributed by atoms with Crippen molar-refractivity contribution >= 4 is 0 Å². The molecule has 0 amide bonds. The zero-order valence-corrected chi connectivity index (χ0v) is 20.8. The van der Waals surface area contributed by atoms with E-state index in [-0.39, 0.29) is 28.2 Å². The molecule has 2 nitrogen and oxygen atoms in total. The van der Waals surface area contributed by atoms with Crippen LogP contribution in [0.4, 0.5) is 0 Å². The van der Waals surface area contributed by atoms with E-state index in [4.69, 9.17) is 0 Å². The first-order valence-corrected chi connectivity index (χ1v) is 12.9. The molecule has 0 saturated heterocycles. The van der Waals surface area contributed by atoms with Gasteiger partial charge < -0.3 is 10.2 Å². The summed E-state index contributed by atoms with van der Waals surface area (Å²) in [6.07, 6.45) is 14.7. The number of phenols is 2. The summed E-state index contributed by atoms with van der Waals surface area (Å²) in [5.41, 5.74) is 5.59. The Bertz CT molecular complexity index is 989. The van der Waals surface area contributed by atoms with Crippen molar-refractivity contribution in [2.24, 2.45) is 28.6 Å². The van der Waals surface area contributed by atoms with Crippen LogP contribution in [0.2, 0.25) is 0 Å². The lowest BCUT2D eigenvalue weighted by Gasteiger charge is -2.64. The van der Waals surface area contributed by atoms with E-state index in [1.807, 2.05) is 19.1 Å². The summed E-state index contributed by atoms with van der Waals surface area (Å²) in [7, 11) is 0. The molecule has 3 saturated carbocycles. The fourth-order valence-electron chi connectivity index (χ4n) is 8.84. The van der Waals surface area contributed by atoms with Crippen LogP contribution in [0.1, 0.15) is 102 Å². The minimum absolute atomic E-state index is 0.0330. The van der Waals surface area contributed by atoms with E-state index >= 15 is 0 Å². The van der Waals surface area contributed by atoms with Gasteiger partial charge in [-0.3, -0.25) is 0 Å². The van der Waals surface area contributed by atoms with Crippen molar-refractivity contribution in [1.29, 1.82) is 0 Å². The molecule has 2 heteroatoms. The number of aromatic hydroxyl groups is 2. The molecule has 0 heterocycles. The minimum atomic E-state index is -0.0672. The Kier molecular flexibility index (Phi) is 4.94. The lowest BCUT2D eigenvalue weighted by molar-refractivity contribution is -0.0810. The van der Waals surface area contributed by atoms with Crippen LogP contribution in [0.3, 0.4) is 0 Å². The lowest BCUT2D eigenvalue weighted by Crippen LogP contribution is -2.56. The summed E-state index contributed by atoms with van der Waals surface area (Å²) in [6.45, 7) is 16.1. The Hall–Kier alpha value is -1.70. The van der Waals surface area contributed by atoms with Crippen molar-refractivity contribution in [3.63, 3.8) is 0 Å². The van der Waals surface area contributed by atoms with Gasteiger partial charge in [-0.15, -0.1) is 6.58 Å². The van der Waals surface area contributed by atoms with E-state index < -0.39 is 0 Å². The van der Waals surface area contributed by atoms with Crippen molar-refractivity contribution in [2.45, 2.75) is 97.3 Å². The second-order valence-corrected chi connectivity index (χ2v) is 12.6. The van der Waals surface area contributed by atoms with Crippen molar-refractivity contribution in [3.8, 4) is 11.5 Å². The monoisotopic (exact) mass is 434 g/mol. The van der Waals surface area contributed by atoms with Gasteiger partial charge in [0.25, 0.3) is 0 Å². The van der Waals surface area contributed by atoms with E-state index in [0.29, 0.717) is 5.41 Å². The molecule has 0 aromatic heterocycles. The van der Waals surface area contributed by atoms with Gasteiger partial charge in [0.15, 0.2) is 11.5 Å². The first-order valence-electron chi connectivity index (χ1n) is 12.9. The SMILES string of the molecule is C=CCC1C=C2C(C)(CCC3C4CC(C)CCC4(C)CCC23C)c2cc(O)c(O)c(C)c21. The van der Waals surface area contributed by atoms with Crippen LogP contribution in [0, 0.1) is 35.5 Å². The highest BCUT2D eigenvalue weighted by Crippen LogP contribution is 2.69. The van der Waals surface area contributed by atoms with Gasteiger partial charge in [0.05, 0.1) is 0 Å². The highest BCUT2D eigenvalue weighted by molar-refractivity contribution is 5.62. The summed E-state index contributed by atoms with van der Waals surface area (Å²) in [5.74, 6) is 2.73. The third-order valence-electron chi connectivity index (χ3n) is 10.8. The van der Waals surface area contributed by atoms with Crippen LogP contribution in [-0.4, -0.2) is 10.2 Å². The predicted molar refractivity (Wildman–Crippen MR) is 132 cm³/mol. The molecule has 1 aromatic carbocycles. The van der Waals surface area contributed by atoms with Gasteiger partial charge in [0.2, 0.25) is 0 Å². The normalized spacial score (nSPS) is 42.7. The largest absolute Gasteiger partial charge is 0.504 e. The number of phenolic OH excluding ortho intramolecular Hbond substituents is 2. The third-order valence-corrected chi connectivity index (χ3v) is 10.8. The van der Waals surface area contributed by atoms with Gasteiger partial charge >= 0.3 is 0 Å². The Morgan fingerprint density at radius 1 is 1.06 bits per heavy atom. The summed E-state index contributed by atoms with van der Waals surface area (Å²) in [6, 6.07) is 1.89. The van der Waals surface area contributed by atoms with Crippen LogP contribution in [-0.2, 0) is 5.41 Å². The third kappa shape index (κ3) is 2.83. The van der Waals surface area contributed by atoms with Crippen LogP contribution < -0.4 is 0 Å². The average molecular weight is 435 g/mol. The Balaban J connectivity index is 1.66. The van der Waals surface area contributed by atoms with Gasteiger partial charge in [0, 0.05) is 11.3 Å². The van der Waals surface area contributed by atoms with Gasteiger partial charge in [-0.05, 0) is 103 Å². The summed E-state index contributed by atoms with van der Waals surface area (Å²) >= 11 is 0. The zero-order valence-electron chi connectivity index (χ0n) is 20.8. The van der Waals surface area contributed by atoms with E-state index in [1.54, 1.807) is 5.57 Å². The molecule has 0 spiro atoms. The zero-order chi connectivity index (χ0) is 23.1. The molecule has 3 fully saturated rings. The molecular weight excluding hydrogens is 392 g/mol. The van der Waals surface area contributed by atoms with E-state index in [0.717, 1.165) is 36.2 Å². The number of allylic oxidation sites excluding steroid dienone is 3. The molecule has 1 aromatic rings. The van der Waals surface area contributed by atoms with Crippen LogP contribution in [0.15, 0.2) is 30.4 Å². The lowest BCUT2D eigenvalue weighted by atomic mass is 9.40. The fourth-order valence-corrected chi connectivity index (χ4v) is 8.84. The first kappa shape index (κ1) is 22.1. The molecule has 0 aliphatic heterocycles. The maximum absolute atomic E-state index is 10.6. The Labute approximate surface area is 194 Å². The molecule has 4 aliphatic rings. The molecule has 32 heavy (non-hydrogen) atoms. The summed E-state index contributed by atoms with van der Waals surface area (Å²) < 4.78 is 0. The summed E-state index contributed by atoms with van der Waals surface area (Å²) in [5, 5.41) is 21.2. The van der Waals surface area contributed by atoms with Crippen molar-refractivity contribution in [2.75, 3.05) is 0 Å². The van der Waals surface area contributed by atoms with Gasteiger partial charge in [0.1, 0.15) is 0 Å². The van der Waals surface area contributed by atoms with Crippen LogP contribution >= 0.6 is 0 Å². The van der Waals surface area contributed by atoms with Crippen LogP contribution in [0.5, 0.6) is 11.5 Å². The molecule has 4 aliphatic carbocycles.